The van der Waals surface area contributed by atoms with Gasteiger partial charge < -0.3 is 34.8 Å². The van der Waals surface area contributed by atoms with E-state index in [0.29, 0.717) is 0 Å². The SMILES string of the molecule is C=C(C)C(=O)[O-].CC(C)CCCCCCCCCCCCCCC(=O)[O-].CC(C)CCCCCCCCCCCCCCC(=O)[O-].CC(C)[O-].[Ti+4]. The molecular formula is C43H82O7Ti. The Morgan fingerprint density at radius 3 is 0.725 bits per heavy atom. The van der Waals surface area contributed by atoms with E-state index in [1.165, 1.54) is 148 Å². The van der Waals surface area contributed by atoms with E-state index in [4.69, 9.17) is 0 Å². The average Bonchev–Trinajstić information content (AvgIpc) is 3.01. The van der Waals surface area contributed by atoms with Gasteiger partial charge in [-0.2, -0.15) is 0 Å². The van der Waals surface area contributed by atoms with E-state index in [0.717, 1.165) is 37.5 Å². The van der Waals surface area contributed by atoms with Gasteiger partial charge in [0.2, 0.25) is 0 Å². The zero-order valence-corrected chi connectivity index (χ0v) is 36.2. The van der Waals surface area contributed by atoms with Crippen molar-refractivity contribution in [2.24, 2.45) is 11.8 Å². The second kappa shape index (κ2) is 48.8. The van der Waals surface area contributed by atoms with Crippen LogP contribution in [0.4, 0.5) is 0 Å². The molecule has 0 heterocycles. The smallest absolute Gasteiger partial charge is 0.852 e. The number of hydrogen-bond donors (Lipinski definition) is 0. The zero-order chi connectivity index (χ0) is 38.8. The molecule has 51 heavy (non-hydrogen) atoms. The van der Waals surface area contributed by atoms with Crippen molar-refractivity contribution in [2.45, 2.75) is 234 Å². The normalized spacial score (nSPS) is 10.3. The third kappa shape index (κ3) is 78.9. The third-order valence-electron chi connectivity index (χ3n) is 8.17. The second-order valence-electron chi connectivity index (χ2n) is 15.2. The van der Waals surface area contributed by atoms with Crippen LogP contribution in [0, 0.1) is 11.8 Å². The van der Waals surface area contributed by atoms with Crippen molar-refractivity contribution < 1.29 is 56.5 Å². The molecule has 0 saturated heterocycles. The van der Waals surface area contributed by atoms with Crippen molar-refractivity contribution in [1.29, 1.82) is 0 Å². The number of carbonyl (C=O) groups is 3. The first kappa shape index (κ1) is 59.1. The number of aliphatic carboxylic acids is 3. The van der Waals surface area contributed by atoms with Gasteiger partial charge in [0.15, 0.2) is 0 Å². The maximum Gasteiger partial charge on any atom is 4.00 e. The molecule has 300 valence electrons. The molecule has 0 aliphatic carbocycles. The molecule has 0 atom stereocenters. The Bertz CT molecular complexity index is 677. The molecule has 0 spiro atoms. The first-order valence-electron chi connectivity index (χ1n) is 20.6. The predicted octanol–water partition coefficient (Wildman–Crippen LogP) is 8.77. The van der Waals surface area contributed by atoms with Crippen molar-refractivity contribution in [3.63, 3.8) is 0 Å². The summed E-state index contributed by atoms with van der Waals surface area (Å²) in [4.78, 5) is 29.9. The quantitative estimate of drug-likeness (QED) is 0.0391. The second-order valence-corrected chi connectivity index (χ2v) is 15.2. The molecule has 0 aromatic carbocycles. The van der Waals surface area contributed by atoms with Gasteiger partial charge >= 0.3 is 21.7 Å². The Hall–Kier alpha value is -1.18. The van der Waals surface area contributed by atoms with Crippen LogP contribution in [-0.2, 0) is 36.1 Å². The fourth-order valence-corrected chi connectivity index (χ4v) is 5.18. The molecule has 0 N–H and O–H groups in total. The minimum absolute atomic E-state index is 0. The Morgan fingerprint density at radius 1 is 0.431 bits per heavy atom. The van der Waals surface area contributed by atoms with Gasteiger partial charge in [-0.1, -0.05) is 202 Å². The van der Waals surface area contributed by atoms with Crippen LogP contribution in [0.5, 0.6) is 0 Å². The van der Waals surface area contributed by atoms with Crippen molar-refractivity contribution in [2.75, 3.05) is 0 Å². The van der Waals surface area contributed by atoms with E-state index < -0.39 is 24.0 Å². The minimum atomic E-state index is -1.19. The van der Waals surface area contributed by atoms with Crippen LogP contribution in [0.3, 0.4) is 0 Å². The van der Waals surface area contributed by atoms with Crippen LogP contribution in [0.1, 0.15) is 228 Å². The maximum atomic E-state index is 10.2. The molecule has 0 aliphatic heterocycles. The predicted molar refractivity (Wildman–Crippen MR) is 204 cm³/mol. The summed E-state index contributed by atoms with van der Waals surface area (Å²) < 4.78 is 0. The number of unbranched alkanes of at least 4 members (excludes halogenated alkanes) is 22. The molecule has 8 heteroatoms. The molecule has 0 aromatic heterocycles. The molecule has 0 aromatic rings. The monoisotopic (exact) mass is 759 g/mol. The van der Waals surface area contributed by atoms with Crippen LogP contribution < -0.4 is 20.4 Å². The van der Waals surface area contributed by atoms with E-state index in [2.05, 4.69) is 34.3 Å². The largest absolute Gasteiger partial charge is 4.00 e. The first-order valence-corrected chi connectivity index (χ1v) is 20.6. The summed E-state index contributed by atoms with van der Waals surface area (Å²) in [5.74, 6) is -1.27. The number of carboxylic acids is 3. The van der Waals surface area contributed by atoms with E-state index >= 15 is 0 Å². The molecule has 0 aliphatic rings. The van der Waals surface area contributed by atoms with Gasteiger partial charge in [-0.15, -0.1) is 6.10 Å². The molecule has 7 nitrogen and oxygen atoms in total. The van der Waals surface area contributed by atoms with Gasteiger partial charge in [-0.05, 0) is 50.0 Å². The Labute approximate surface area is 331 Å². The standard InChI is InChI=1S/2C18H36O2.C4H6O2.C3H7O.Ti/c2*1-17(2)15-13-11-9-7-5-3-4-6-8-10-12-14-16-18(19)20;1-3(2)4(5)6;1-3(2)4;/h2*17H,3-16H2,1-2H3,(H,19,20);1H2,2H3,(H,5,6);3H,1-2H3;/q;;;-1;+4/p-3. The fourth-order valence-electron chi connectivity index (χ4n) is 5.18. The van der Waals surface area contributed by atoms with Gasteiger partial charge in [0, 0.05) is 11.9 Å². The molecular weight excluding hydrogens is 676 g/mol. The molecule has 0 amide bonds. The van der Waals surface area contributed by atoms with Crippen LogP contribution >= 0.6 is 0 Å². The van der Waals surface area contributed by atoms with Gasteiger partial charge in [-0.25, -0.2) is 0 Å². The van der Waals surface area contributed by atoms with Crippen molar-refractivity contribution in [1.82, 2.24) is 0 Å². The van der Waals surface area contributed by atoms with Crippen LogP contribution in [-0.4, -0.2) is 24.0 Å². The summed E-state index contributed by atoms with van der Waals surface area (Å²) in [6.07, 6.45) is 33.6. The summed E-state index contributed by atoms with van der Waals surface area (Å²) in [5, 5.41) is 39.5. The first-order chi connectivity index (χ1) is 23.6. The van der Waals surface area contributed by atoms with E-state index in [9.17, 15) is 34.8 Å². The maximum absolute atomic E-state index is 10.2. The van der Waals surface area contributed by atoms with Crippen LogP contribution in [0.2, 0.25) is 0 Å². The zero-order valence-electron chi connectivity index (χ0n) is 34.6. The number of carbonyl (C=O) groups excluding carboxylic acids is 3. The van der Waals surface area contributed by atoms with E-state index in [-0.39, 0.29) is 40.1 Å². The number of hydrogen-bond acceptors (Lipinski definition) is 7. The summed E-state index contributed by atoms with van der Waals surface area (Å²) in [6, 6.07) is 0. The molecule has 0 bridgehead atoms. The molecule has 0 radical (unpaired) electrons. The average molecular weight is 759 g/mol. The van der Waals surface area contributed by atoms with E-state index in [1.807, 2.05) is 0 Å². The van der Waals surface area contributed by atoms with Gasteiger partial charge in [0.05, 0.1) is 5.97 Å². The molecule has 0 fully saturated rings. The topological polar surface area (TPSA) is 143 Å². The third-order valence-corrected chi connectivity index (χ3v) is 8.17. The van der Waals surface area contributed by atoms with Crippen molar-refractivity contribution >= 4 is 17.9 Å². The molecule has 0 rings (SSSR count). The van der Waals surface area contributed by atoms with Crippen LogP contribution in [0.15, 0.2) is 12.2 Å². The van der Waals surface area contributed by atoms with Gasteiger partial charge in [0.1, 0.15) is 0 Å². The summed E-state index contributed by atoms with van der Waals surface area (Å²) in [5.41, 5.74) is 0.0648. The van der Waals surface area contributed by atoms with Crippen molar-refractivity contribution in [3.05, 3.63) is 12.2 Å². The molecule has 0 unspecified atom stereocenters. The van der Waals surface area contributed by atoms with Crippen LogP contribution in [0.25, 0.3) is 0 Å². The fraction of sp³-hybridized carbons (Fsp3) is 0.884. The Kier molecular flexibility index (Phi) is 56.6. The van der Waals surface area contributed by atoms with Gasteiger partial charge in [-0.3, -0.25) is 0 Å². The van der Waals surface area contributed by atoms with Crippen molar-refractivity contribution in [3.8, 4) is 0 Å². The summed E-state index contributed by atoms with van der Waals surface area (Å²) in [7, 11) is 0. The number of rotatable bonds is 31. The Balaban J connectivity index is -0.000000215. The Morgan fingerprint density at radius 2 is 0.588 bits per heavy atom. The summed E-state index contributed by atoms with van der Waals surface area (Å²) >= 11 is 0. The number of carboxylic acid groups (broad SMARTS) is 3. The van der Waals surface area contributed by atoms with E-state index in [1.54, 1.807) is 13.8 Å². The summed E-state index contributed by atoms with van der Waals surface area (Å²) in [6.45, 7) is 16.9. The molecule has 0 saturated carbocycles. The van der Waals surface area contributed by atoms with Gasteiger partial charge in [0.25, 0.3) is 0 Å². The minimum Gasteiger partial charge on any atom is -0.852 e.